The molecule has 4 rings (SSSR count). The average molecular weight is 376 g/mol. The van der Waals surface area contributed by atoms with E-state index in [9.17, 15) is 9.59 Å². The van der Waals surface area contributed by atoms with E-state index in [2.05, 4.69) is 6.08 Å². The molecular formula is C24H24O4. The Morgan fingerprint density at radius 1 is 1.04 bits per heavy atom. The van der Waals surface area contributed by atoms with Crippen molar-refractivity contribution in [2.24, 2.45) is 5.41 Å². The maximum absolute atomic E-state index is 12.9. The molecule has 0 radical (unpaired) electrons. The fourth-order valence-corrected chi connectivity index (χ4v) is 4.27. The Hall–Kier alpha value is -2.88. The molecule has 2 aliphatic rings. The number of hydrogen-bond donors (Lipinski definition) is 0. The zero-order valence-corrected chi connectivity index (χ0v) is 15.8. The second-order valence-electron chi connectivity index (χ2n) is 7.54. The molecule has 0 aromatic heterocycles. The summed E-state index contributed by atoms with van der Waals surface area (Å²) in [7, 11) is 0. The second-order valence-corrected chi connectivity index (χ2v) is 7.54. The number of esters is 2. The highest BCUT2D eigenvalue weighted by molar-refractivity contribution is 5.86. The fraction of sp³-hybridized carbons (Fsp3) is 0.333. The molecule has 1 fully saturated rings. The number of ether oxygens (including phenoxy) is 2. The van der Waals surface area contributed by atoms with E-state index >= 15 is 0 Å². The number of hydrogen-bond acceptors (Lipinski definition) is 4. The van der Waals surface area contributed by atoms with Gasteiger partial charge < -0.3 is 9.47 Å². The smallest absolute Gasteiger partial charge is 0.317 e. The van der Waals surface area contributed by atoms with E-state index in [-0.39, 0.29) is 25.0 Å². The summed E-state index contributed by atoms with van der Waals surface area (Å²) in [5, 5.41) is 0. The number of carbonyl (C=O) groups excluding carboxylic acids is 2. The lowest BCUT2D eigenvalue weighted by atomic mass is 9.68. The molecule has 0 bridgehead atoms. The van der Waals surface area contributed by atoms with Crippen LogP contribution >= 0.6 is 0 Å². The first-order valence-electron chi connectivity index (χ1n) is 9.82. The zero-order chi connectivity index (χ0) is 19.4. The highest BCUT2D eigenvalue weighted by Crippen LogP contribution is 2.49. The van der Waals surface area contributed by atoms with Crippen LogP contribution < -0.4 is 0 Å². The van der Waals surface area contributed by atoms with E-state index in [4.69, 9.17) is 9.47 Å². The summed E-state index contributed by atoms with van der Waals surface area (Å²) in [6.45, 7) is 0.231. The van der Waals surface area contributed by atoms with Crippen LogP contribution in [0.15, 0.2) is 72.3 Å². The molecule has 0 N–H and O–H groups in total. The monoisotopic (exact) mass is 376 g/mol. The van der Waals surface area contributed by atoms with Gasteiger partial charge in [0.2, 0.25) is 0 Å². The minimum atomic E-state index is -0.635. The Kier molecular flexibility index (Phi) is 5.29. The van der Waals surface area contributed by atoms with Gasteiger partial charge in [-0.2, -0.15) is 0 Å². The lowest BCUT2D eigenvalue weighted by Gasteiger charge is -2.30. The van der Waals surface area contributed by atoms with Crippen molar-refractivity contribution in [1.29, 1.82) is 0 Å². The summed E-state index contributed by atoms with van der Waals surface area (Å²) in [4.78, 5) is 25.3. The molecule has 0 unspecified atom stereocenters. The van der Waals surface area contributed by atoms with Crippen molar-refractivity contribution in [3.8, 4) is 0 Å². The molecule has 144 valence electrons. The lowest BCUT2D eigenvalue weighted by molar-refractivity contribution is -0.153. The Labute approximate surface area is 165 Å². The van der Waals surface area contributed by atoms with Crippen LogP contribution in [0.4, 0.5) is 0 Å². The quantitative estimate of drug-likeness (QED) is 0.554. The van der Waals surface area contributed by atoms with Crippen LogP contribution in [0.5, 0.6) is 0 Å². The van der Waals surface area contributed by atoms with Crippen molar-refractivity contribution in [3.63, 3.8) is 0 Å². The number of allylic oxidation sites excluding steroid dienone is 1. The van der Waals surface area contributed by atoms with Gasteiger partial charge in [0.1, 0.15) is 12.7 Å². The minimum absolute atomic E-state index is 0.0704. The summed E-state index contributed by atoms with van der Waals surface area (Å²) >= 11 is 0. The molecule has 4 nitrogen and oxygen atoms in total. The largest absolute Gasteiger partial charge is 0.461 e. The van der Waals surface area contributed by atoms with Crippen LogP contribution in [0, 0.1) is 5.41 Å². The van der Waals surface area contributed by atoms with Gasteiger partial charge in [-0.05, 0) is 42.4 Å². The molecule has 1 heterocycles. The summed E-state index contributed by atoms with van der Waals surface area (Å²) in [6.07, 6.45) is 4.91. The van der Waals surface area contributed by atoms with Crippen LogP contribution in [0.1, 0.15) is 36.8 Å². The Bertz CT molecular complexity index is 872. The van der Waals surface area contributed by atoms with Gasteiger partial charge in [-0.15, -0.1) is 0 Å². The first kappa shape index (κ1) is 18.5. The van der Waals surface area contributed by atoms with Gasteiger partial charge in [-0.1, -0.05) is 66.7 Å². The lowest BCUT2D eigenvalue weighted by Crippen LogP contribution is -2.33. The van der Waals surface area contributed by atoms with Gasteiger partial charge in [0.15, 0.2) is 0 Å². The van der Waals surface area contributed by atoms with Crippen LogP contribution in [0.25, 0.3) is 0 Å². The number of cyclic esters (lactones) is 1. The van der Waals surface area contributed by atoms with Crippen molar-refractivity contribution < 1.29 is 19.1 Å². The van der Waals surface area contributed by atoms with Crippen molar-refractivity contribution in [2.45, 2.75) is 44.8 Å². The number of fused-ring (bicyclic) bond motifs is 1. The van der Waals surface area contributed by atoms with Crippen LogP contribution in [0.2, 0.25) is 0 Å². The Morgan fingerprint density at radius 2 is 1.71 bits per heavy atom. The van der Waals surface area contributed by atoms with Crippen molar-refractivity contribution in [2.75, 3.05) is 0 Å². The molecule has 28 heavy (non-hydrogen) atoms. The van der Waals surface area contributed by atoms with Crippen LogP contribution in [-0.4, -0.2) is 18.0 Å². The average Bonchev–Trinajstić information content (AvgIpc) is 2.99. The molecular weight excluding hydrogens is 352 g/mol. The molecule has 1 aliphatic carbocycles. The third-order valence-corrected chi connectivity index (χ3v) is 5.65. The molecule has 2 aromatic carbocycles. The van der Waals surface area contributed by atoms with E-state index in [1.807, 2.05) is 60.7 Å². The van der Waals surface area contributed by atoms with E-state index < -0.39 is 11.5 Å². The van der Waals surface area contributed by atoms with Crippen molar-refractivity contribution >= 4 is 11.9 Å². The molecule has 1 aliphatic heterocycles. The first-order valence-corrected chi connectivity index (χ1v) is 9.82. The normalized spacial score (nSPS) is 23.5. The summed E-state index contributed by atoms with van der Waals surface area (Å²) in [6, 6.07) is 19.6. The highest BCUT2D eigenvalue weighted by atomic mass is 16.6. The number of carbonyl (C=O) groups is 2. The molecule has 0 saturated carbocycles. The molecule has 1 saturated heterocycles. The summed E-state index contributed by atoms with van der Waals surface area (Å²) in [5.41, 5.74) is 2.38. The van der Waals surface area contributed by atoms with Crippen LogP contribution in [-0.2, 0) is 32.1 Å². The van der Waals surface area contributed by atoms with Crippen LogP contribution in [0.3, 0.4) is 0 Å². The molecule has 0 amide bonds. The topological polar surface area (TPSA) is 52.6 Å². The second kappa shape index (κ2) is 8.01. The predicted octanol–water partition coefficient (Wildman–Crippen LogP) is 4.38. The van der Waals surface area contributed by atoms with E-state index in [1.165, 1.54) is 0 Å². The highest BCUT2D eigenvalue weighted by Gasteiger charge is 2.54. The number of rotatable bonds is 6. The van der Waals surface area contributed by atoms with Crippen molar-refractivity contribution in [3.05, 3.63) is 83.4 Å². The van der Waals surface area contributed by atoms with E-state index in [1.54, 1.807) is 0 Å². The van der Waals surface area contributed by atoms with Gasteiger partial charge in [0.25, 0.3) is 0 Å². The molecule has 2 atom stereocenters. The zero-order valence-electron chi connectivity index (χ0n) is 15.8. The third-order valence-electron chi connectivity index (χ3n) is 5.65. The molecule has 2 aromatic rings. The van der Waals surface area contributed by atoms with Gasteiger partial charge in [-0.3, -0.25) is 9.59 Å². The minimum Gasteiger partial charge on any atom is -0.461 e. The SMILES string of the molecule is O=C(C[C@H]1OC(=O)[C@@]2(Cc3ccccc3)CCCC=C12)OCc1ccccc1. The number of benzene rings is 2. The fourth-order valence-electron chi connectivity index (χ4n) is 4.27. The maximum Gasteiger partial charge on any atom is 0.317 e. The molecule has 4 heteroatoms. The van der Waals surface area contributed by atoms with E-state index in [0.717, 1.165) is 36.0 Å². The third kappa shape index (κ3) is 3.72. The van der Waals surface area contributed by atoms with Crippen molar-refractivity contribution in [1.82, 2.24) is 0 Å². The van der Waals surface area contributed by atoms with E-state index in [0.29, 0.717) is 6.42 Å². The summed E-state index contributed by atoms with van der Waals surface area (Å²) < 4.78 is 11.1. The Balaban J connectivity index is 1.46. The van der Waals surface area contributed by atoms with Gasteiger partial charge in [0, 0.05) is 0 Å². The standard InChI is InChI=1S/C24H24O4/c25-22(27-17-19-11-5-2-6-12-19)15-21-20-13-7-8-14-24(20,23(26)28-21)16-18-9-3-1-4-10-18/h1-6,9-13,21H,7-8,14-17H2/t21-,24-/m1/s1. The van der Waals surface area contributed by atoms with Gasteiger partial charge in [-0.25, -0.2) is 0 Å². The predicted molar refractivity (Wildman–Crippen MR) is 105 cm³/mol. The summed E-state index contributed by atoms with van der Waals surface area (Å²) in [5.74, 6) is -0.549. The maximum atomic E-state index is 12.9. The molecule has 0 spiro atoms. The first-order chi connectivity index (χ1) is 13.7. The van der Waals surface area contributed by atoms with Gasteiger partial charge >= 0.3 is 11.9 Å². The Morgan fingerprint density at radius 3 is 2.43 bits per heavy atom. The van der Waals surface area contributed by atoms with Gasteiger partial charge in [0.05, 0.1) is 11.8 Å².